The molecule has 2 rings (SSSR count). The number of halogens is 3. The van der Waals surface area contributed by atoms with Crippen LogP contribution < -0.4 is 10.5 Å². The summed E-state index contributed by atoms with van der Waals surface area (Å²) in [5.74, 6) is -0.825. The largest absolute Gasteiger partial charge is 0.485 e. The van der Waals surface area contributed by atoms with Gasteiger partial charge in [-0.25, -0.2) is 8.78 Å². The van der Waals surface area contributed by atoms with Crippen molar-refractivity contribution in [2.45, 2.75) is 26.0 Å². The minimum Gasteiger partial charge on any atom is -0.485 e. The normalized spacial score (nSPS) is 12.2. The first-order chi connectivity index (χ1) is 9.97. The van der Waals surface area contributed by atoms with Gasteiger partial charge in [0.05, 0.1) is 0 Å². The molecule has 0 aromatic heterocycles. The second-order valence-corrected chi connectivity index (χ2v) is 5.37. The van der Waals surface area contributed by atoms with E-state index in [0.29, 0.717) is 17.0 Å². The highest BCUT2D eigenvalue weighted by molar-refractivity contribution is 6.30. The van der Waals surface area contributed by atoms with Gasteiger partial charge < -0.3 is 10.5 Å². The Bertz CT molecular complexity index is 632. The third kappa shape index (κ3) is 4.16. The fourth-order valence-corrected chi connectivity index (χ4v) is 2.22. The second kappa shape index (κ2) is 6.87. The van der Waals surface area contributed by atoms with Crippen LogP contribution in [0.4, 0.5) is 8.78 Å². The van der Waals surface area contributed by atoms with Crippen LogP contribution in [0.1, 0.15) is 18.1 Å². The van der Waals surface area contributed by atoms with Gasteiger partial charge in [-0.3, -0.25) is 0 Å². The van der Waals surface area contributed by atoms with Gasteiger partial charge in [0.2, 0.25) is 0 Å². The lowest BCUT2D eigenvalue weighted by molar-refractivity contribution is 0.281. The summed E-state index contributed by atoms with van der Waals surface area (Å²) in [7, 11) is 0. The molecule has 0 heterocycles. The fourth-order valence-electron chi connectivity index (χ4n) is 2.03. The first-order valence-electron chi connectivity index (χ1n) is 6.57. The quantitative estimate of drug-likeness (QED) is 0.902. The molecule has 0 amide bonds. The topological polar surface area (TPSA) is 35.2 Å². The number of ether oxygens (including phenoxy) is 1. The third-order valence-electron chi connectivity index (χ3n) is 2.97. The number of hydrogen-bond donors (Lipinski definition) is 1. The number of benzene rings is 2. The lowest BCUT2D eigenvalue weighted by Gasteiger charge is -2.14. The van der Waals surface area contributed by atoms with Crippen molar-refractivity contribution in [3.63, 3.8) is 0 Å². The minimum absolute atomic E-state index is 0.0979. The smallest absolute Gasteiger partial charge is 0.165 e. The molecule has 5 heteroatoms. The molecule has 2 aromatic carbocycles. The van der Waals surface area contributed by atoms with E-state index in [1.165, 1.54) is 24.3 Å². The predicted octanol–water partition coefficient (Wildman–Crippen LogP) is 4.09. The molecule has 0 aliphatic carbocycles. The molecule has 0 saturated heterocycles. The van der Waals surface area contributed by atoms with Crippen molar-refractivity contribution >= 4 is 11.6 Å². The van der Waals surface area contributed by atoms with Crippen LogP contribution in [-0.2, 0) is 13.0 Å². The summed E-state index contributed by atoms with van der Waals surface area (Å²) in [5, 5.41) is 0.402. The van der Waals surface area contributed by atoms with Gasteiger partial charge in [-0.1, -0.05) is 23.7 Å². The molecule has 1 atom stereocenters. The van der Waals surface area contributed by atoms with E-state index in [2.05, 4.69) is 0 Å². The molecular weight excluding hydrogens is 296 g/mol. The van der Waals surface area contributed by atoms with Gasteiger partial charge in [-0.05, 0) is 43.2 Å². The van der Waals surface area contributed by atoms with E-state index in [4.69, 9.17) is 22.1 Å². The van der Waals surface area contributed by atoms with Crippen molar-refractivity contribution in [3.8, 4) is 5.75 Å². The van der Waals surface area contributed by atoms with Crippen molar-refractivity contribution in [1.82, 2.24) is 0 Å². The molecule has 1 unspecified atom stereocenters. The van der Waals surface area contributed by atoms with E-state index >= 15 is 0 Å². The minimum atomic E-state index is -0.490. The van der Waals surface area contributed by atoms with Gasteiger partial charge in [0.15, 0.2) is 11.6 Å². The number of hydrogen-bond acceptors (Lipinski definition) is 2. The molecule has 0 radical (unpaired) electrons. The van der Waals surface area contributed by atoms with E-state index in [-0.39, 0.29) is 24.0 Å². The number of rotatable bonds is 5. The van der Waals surface area contributed by atoms with E-state index in [1.54, 1.807) is 12.1 Å². The number of para-hydroxylation sites is 1. The SMILES string of the molecule is CC(N)Cc1cccc(F)c1OCc1cc(Cl)ccc1F. The van der Waals surface area contributed by atoms with Crippen molar-refractivity contribution in [2.75, 3.05) is 0 Å². The van der Waals surface area contributed by atoms with Crippen molar-refractivity contribution in [2.24, 2.45) is 5.73 Å². The van der Waals surface area contributed by atoms with Crippen LogP contribution in [0.5, 0.6) is 5.75 Å². The summed E-state index contributed by atoms with van der Waals surface area (Å²) < 4.78 is 33.0. The highest BCUT2D eigenvalue weighted by Crippen LogP contribution is 2.25. The first-order valence-corrected chi connectivity index (χ1v) is 6.95. The Morgan fingerprint density at radius 2 is 1.90 bits per heavy atom. The maximum Gasteiger partial charge on any atom is 0.165 e. The van der Waals surface area contributed by atoms with Crippen molar-refractivity contribution in [3.05, 3.63) is 64.2 Å². The standard InChI is InChI=1S/C16H16ClF2NO/c1-10(20)7-11-3-2-4-15(19)16(11)21-9-12-8-13(17)5-6-14(12)18/h2-6,8,10H,7,9,20H2,1H3. The average Bonchev–Trinajstić information content (AvgIpc) is 2.41. The molecule has 0 bridgehead atoms. The Labute approximate surface area is 127 Å². The second-order valence-electron chi connectivity index (χ2n) is 4.93. The molecule has 21 heavy (non-hydrogen) atoms. The maximum absolute atomic E-state index is 13.9. The van der Waals surface area contributed by atoms with Gasteiger partial charge in [0.25, 0.3) is 0 Å². The molecule has 2 N–H and O–H groups in total. The average molecular weight is 312 g/mol. The summed E-state index contributed by atoms with van der Waals surface area (Å²) in [4.78, 5) is 0. The third-order valence-corrected chi connectivity index (χ3v) is 3.21. The molecule has 0 aliphatic rings. The van der Waals surface area contributed by atoms with Gasteiger partial charge in [0.1, 0.15) is 12.4 Å². The van der Waals surface area contributed by atoms with E-state index in [1.807, 2.05) is 6.92 Å². The van der Waals surface area contributed by atoms with E-state index in [0.717, 1.165) is 0 Å². The zero-order valence-corrected chi connectivity index (χ0v) is 12.3. The van der Waals surface area contributed by atoms with Gasteiger partial charge >= 0.3 is 0 Å². The monoisotopic (exact) mass is 311 g/mol. The first kappa shape index (κ1) is 15.7. The lowest BCUT2D eigenvalue weighted by atomic mass is 10.1. The molecule has 0 saturated carbocycles. The Morgan fingerprint density at radius 3 is 2.62 bits per heavy atom. The molecular formula is C16H16ClF2NO. The summed E-state index contributed by atoms with van der Waals surface area (Å²) >= 11 is 5.82. The summed E-state index contributed by atoms with van der Waals surface area (Å²) in [5.41, 5.74) is 6.67. The van der Waals surface area contributed by atoms with Crippen molar-refractivity contribution < 1.29 is 13.5 Å². The molecule has 0 fully saturated rings. The van der Waals surface area contributed by atoms with Crippen LogP contribution in [0.15, 0.2) is 36.4 Å². The molecule has 0 spiro atoms. The van der Waals surface area contributed by atoms with Crippen molar-refractivity contribution in [1.29, 1.82) is 0 Å². The molecule has 112 valence electrons. The zero-order valence-electron chi connectivity index (χ0n) is 11.6. The van der Waals surface area contributed by atoms with Gasteiger partial charge in [0, 0.05) is 16.6 Å². The predicted molar refractivity (Wildman–Crippen MR) is 79.5 cm³/mol. The zero-order chi connectivity index (χ0) is 15.4. The Balaban J connectivity index is 2.21. The van der Waals surface area contributed by atoms with Crippen LogP contribution in [0, 0.1) is 11.6 Å². The van der Waals surface area contributed by atoms with Crippen LogP contribution in [0.25, 0.3) is 0 Å². The summed E-state index contributed by atoms with van der Waals surface area (Å²) in [6.07, 6.45) is 0.477. The molecule has 2 aromatic rings. The maximum atomic E-state index is 13.9. The summed E-state index contributed by atoms with van der Waals surface area (Å²) in [6, 6.07) is 8.68. The van der Waals surface area contributed by atoms with Gasteiger partial charge in [-0.2, -0.15) is 0 Å². The lowest BCUT2D eigenvalue weighted by Crippen LogP contribution is -2.18. The van der Waals surface area contributed by atoms with Crippen LogP contribution in [-0.4, -0.2) is 6.04 Å². The highest BCUT2D eigenvalue weighted by Gasteiger charge is 2.13. The Morgan fingerprint density at radius 1 is 1.14 bits per heavy atom. The van der Waals surface area contributed by atoms with Crippen LogP contribution >= 0.6 is 11.6 Å². The Hall–Kier alpha value is -1.65. The van der Waals surface area contributed by atoms with Crippen LogP contribution in [0.2, 0.25) is 5.02 Å². The Kier molecular flexibility index (Phi) is 5.15. The van der Waals surface area contributed by atoms with Gasteiger partial charge in [-0.15, -0.1) is 0 Å². The van der Waals surface area contributed by atoms with E-state index in [9.17, 15) is 8.78 Å². The highest BCUT2D eigenvalue weighted by atomic mass is 35.5. The fraction of sp³-hybridized carbons (Fsp3) is 0.250. The molecule has 0 aliphatic heterocycles. The number of nitrogens with two attached hydrogens (primary N) is 1. The van der Waals surface area contributed by atoms with E-state index < -0.39 is 11.6 Å². The van der Waals surface area contributed by atoms with Crippen LogP contribution in [0.3, 0.4) is 0 Å². The molecule has 2 nitrogen and oxygen atoms in total. The summed E-state index contributed by atoms with van der Waals surface area (Å²) in [6.45, 7) is 1.73.